The molecule has 0 saturated heterocycles. The number of nitrogens with zero attached hydrogens (tertiary/aromatic N) is 5. The van der Waals surface area contributed by atoms with Gasteiger partial charge >= 0.3 is 5.69 Å². The third-order valence-electron chi connectivity index (χ3n) is 5.31. The van der Waals surface area contributed by atoms with E-state index in [4.69, 9.17) is 27.7 Å². The van der Waals surface area contributed by atoms with E-state index < -0.39 is 0 Å². The van der Waals surface area contributed by atoms with E-state index in [0.717, 1.165) is 18.4 Å². The molecule has 1 aliphatic heterocycles. The molecule has 0 aliphatic carbocycles. The van der Waals surface area contributed by atoms with Crippen molar-refractivity contribution in [2.24, 2.45) is 4.99 Å². The van der Waals surface area contributed by atoms with Gasteiger partial charge in [0.05, 0.1) is 5.56 Å². The second-order valence-corrected chi connectivity index (χ2v) is 8.60. The van der Waals surface area contributed by atoms with Crippen LogP contribution < -0.4 is 11.2 Å². The zero-order valence-electron chi connectivity index (χ0n) is 17.7. The number of halogens is 2. The highest BCUT2D eigenvalue weighted by atomic mass is 35.5. The quantitative estimate of drug-likeness (QED) is 0.467. The van der Waals surface area contributed by atoms with Crippen molar-refractivity contribution in [3.05, 3.63) is 73.0 Å². The van der Waals surface area contributed by atoms with Crippen molar-refractivity contribution in [1.82, 2.24) is 19.3 Å². The van der Waals surface area contributed by atoms with Crippen molar-refractivity contribution < 1.29 is 4.52 Å². The number of aryl methyl sites for hydroxylation is 1. The molecular weight excluding hydrogens is 453 g/mol. The predicted octanol–water partition coefficient (Wildman–Crippen LogP) is 3.90. The minimum Gasteiger partial charge on any atom is -0.339 e. The highest BCUT2D eigenvalue weighted by molar-refractivity contribution is 6.66. The van der Waals surface area contributed by atoms with Crippen LogP contribution in [0.4, 0.5) is 5.82 Å². The Morgan fingerprint density at radius 1 is 1.12 bits per heavy atom. The van der Waals surface area contributed by atoms with Crippen molar-refractivity contribution in [2.75, 3.05) is 0 Å². The number of rotatable bonds is 9. The summed E-state index contributed by atoms with van der Waals surface area (Å²) in [6.45, 7) is 2.80. The summed E-state index contributed by atoms with van der Waals surface area (Å²) in [5.41, 5.74) is 0.782. The Hall–Kier alpha value is -2.71. The average Bonchev–Trinajstić information content (AvgIpc) is 3.37. The highest BCUT2D eigenvalue weighted by Crippen LogP contribution is 2.24. The Labute approximate surface area is 194 Å². The molecule has 0 spiro atoms. The fourth-order valence-corrected chi connectivity index (χ4v) is 4.15. The van der Waals surface area contributed by atoms with E-state index in [1.54, 1.807) is 4.57 Å². The van der Waals surface area contributed by atoms with Crippen LogP contribution in [-0.2, 0) is 32.4 Å². The summed E-state index contributed by atoms with van der Waals surface area (Å²) in [5, 5.41) is 5.00. The molecule has 3 aromatic rings. The van der Waals surface area contributed by atoms with Gasteiger partial charge in [0.1, 0.15) is 11.0 Å². The lowest BCUT2D eigenvalue weighted by atomic mass is 10.1. The molecule has 8 nitrogen and oxygen atoms in total. The first-order chi connectivity index (χ1) is 15.5. The van der Waals surface area contributed by atoms with Crippen molar-refractivity contribution in [2.45, 2.75) is 58.5 Å². The fraction of sp³-hybridized carbons (Fsp3) is 0.409. The number of aliphatic imine (C=N–C) groups is 1. The first-order valence-corrected chi connectivity index (χ1v) is 11.4. The average molecular weight is 476 g/mol. The predicted molar refractivity (Wildman–Crippen MR) is 123 cm³/mol. The van der Waals surface area contributed by atoms with Gasteiger partial charge in [0.2, 0.25) is 5.89 Å². The zero-order valence-corrected chi connectivity index (χ0v) is 19.2. The Morgan fingerprint density at radius 3 is 2.72 bits per heavy atom. The van der Waals surface area contributed by atoms with Gasteiger partial charge in [0, 0.05) is 37.4 Å². The zero-order chi connectivity index (χ0) is 22.7. The van der Waals surface area contributed by atoms with E-state index in [2.05, 4.69) is 15.1 Å². The fourth-order valence-electron chi connectivity index (χ4n) is 3.72. The van der Waals surface area contributed by atoms with E-state index in [1.807, 2.05) is 31.2 Å². The Kier molecular flexibility index (Phi) is 6.91. The van der Waals surface area contributed by atoms with Crippen LogP contribution in [0, 0.1) is 0 Å². The van der Waals surface area contributed by atoms with Crippen LogP contribution in [0.15, 0.2) is 43.4 Å². The number of aromatic nitrogens is 4. The Morgan fingerprint density at radius 2 is 1.94 bits per heavy atom. The van der Waals surface area contributed by atoms with E-state index in [1.165, 1.54) is 4.57 Å². The summed E-state index contributed by atoms with van der Waals surface area (Å²) in [5.74, 6) is 1.43. The van der Waals surface area contributed by atoms with Crippen LogP contribution in [-0.4, -0.2) is 24.4 Å². The highest BCUT2D eigenvalue weighted by Gasteiger charge is 2.24. The number of hydrogen-bond acceptors (Lipinski definition) is 6. The molecule has 4 rings (SSSR count). The minimum atomic E-state index is -0.357. The van der Waals surface area contributed by atoms with Gasteiger partial charge in [-0.25, -0.2) is 9.79 Å². The van der Waals surface area contributed by atoms with Crippen LogP contribution in [0.25, 0.3) is 0 Å². The first kappa shape index (κ1) is 22.5. The second-order valence-electron chi connectivity index (χ2n) is 7.73. The van der Waals surface area contributed by atoms with Crippen LogP contribution in [0.3, 0.4) is 0 Å². The third kappa shape index (κ3) is 4.86. The van der Waals surface area contributed by atoms with Crippen LogP contribution in [0.5, 0.6) is 0 Å². The normalized spacial score (nSPS) is 12.8. The molecule has 0 atom stereocenters. The molecule has 0 N–H and O–H groups in total. The maximum absolute atomic E-state index is 13.0. The molecular formula is C22H23Cl2N5O3. The molecule has 10 heteroatoms. The molecule has 2 aromatic heterocycles. The summed E-state index contributed by atoms with van der Waals surface area (Å²) in [6.07, 6.45) is 3.48. The molecule has 3 heterocycles. The maximum Gasteiger partial charge on any atom is 0.332 e. The smallest absolute Gasteiger partial charge is 0.332 e. The molecule has 168 valence electrons. The van der Waals surface area contributed by atoms with E-state index in [-0.39, 0.29) is 24.2 Å². The molecule has 0 saturated carbocycles. The van der Waals surface area contributed by atoms with Gasteiger partial charge in [0.25, 0.3) is 5.56 Å². The maximum atomic E-state index is 13.0. The van der Waals surface area contributed by atoms with Gasteiger partial charge in [0.15, 0.2) is 5.82 Å². The van der Waals surface area contributed by atoms with Gasteiger partial charge in [-0.2, -0.15) is 4.98 Å². The third-order valence-corrected chi connectivity index (χ3v) is 5.76. The topological polar surface area (TPSA) is 95.3 Å². The molecule has 1 aromatic carbocycles. The summed E-state index contributed by atoms with van der Waals surface area (Å²) in [6, 6.07) is 7.49. The summed E-state index contributed by atoms with van der Waals surface area (Å²) < 4.78 is 8.16. The van der Waals surface area contributed by atoms with Crippen molar-refractivity contribution in [1.29, 1.82) is 0 Å². The number of hydrogen-bond donors (Lipinski definition) is 0. The molecule has 0 unspecified atom stereocenters. The molecule has 0 amide bonds. The first-order valence-electron chi connectivity index (χ1n) is 10.6. The minimum absolute atomic E-state index is 0.251. The molecule has 1 aliphatic rings. The second kappa shape index (κ2) is 9.83. The number of fused-ring (bicyclic) bond motifs is 1. The van der Waals surface area contributed by atoms with Crippen LogP contribution >= 0.6 is 23.2 Å². The SMILES string of the molecule is CCCCn1c2c(c(=O)n(CCCc3nc(Cc4cccc(Cl)c4)no3)c1=O)CC(Cl)=N2. The molecule has 32 heavy (non-hydrogen) atoms. The van der Waals surface area contributed by atoms with E-state index in [0.29, 0.717) is 59.1 Å². The van der Waals surface area contributed by atoms with Gasteiger partial charge in [-0.15, -0.1) is 0 Å². The Bertz CT molecular complexity index is 1280. The standard InChI is InChI=1S/C22H23Cl2N5O3/c1-2-3-9-28-20-16(13-17(24)25-20)21(30)29(22(28)31)10-5-8-19-26-18(27-32-19)12-14-6-4-7-15(23)11-14/h4,6-7,11H,2-3,5,8-10,12-13H2,1H3. The summed E-state index contributed by atoms with van der Waals surface area (Å²) in [7, 11) is 0. The van der Waals surface area contributed by atoms with E-state index >= 15 is 0 Å². The molecule has 0 fully saturated rings. The molecule has 0 radical (unpaired) electrons. The van der Waals surface area contributed by atoms with Crippen molar-refractivity contribution >= 4 is 34.2 Å². The van der Waals surface area contributed by atoms with Gasteiger partial charge in [-0.3, -0.25) is 13.9 Å². The summed E-state index contributed by atoms with van der Waals surface area (Å²) in [4.78, 5) is 34.5. The van der Waals surface area contributed by atoms with Gasteiger partial charge in [-0.05, 0) is 30.5 Å². The summed E-state index contributed by atoms with van der Waals surface area (Å²) >= 11 is 12.1. The van der Waals surface area contributed by atoms with Crippen LogP contribution in [0.1, 0.15) is 49.0 Å². The number of unbranched alkanes of at least 4 members (excludes halogenated alkanes) is 1. The number of benzene rings is 1. The lowest BCUT2D eigenvalue weighted by molar-refractivity contribution is 0.366. The van der Waals surface area contributed by atoms with Crippen molar-refractivity contribution in [3.8, 4) is 0 Å². The molecule has 0 bridgehead atoms. The Balaban J connectivity index is 1.46. The van der Waals surface area contributed by atoms with Gasteiger partial charge < -0.3 is 4.52 Å². The van der Waals surface area contributed by atoms with Gasteiger partial charge in [-0.1, -0.05) is 53.8 Å². The van der Waals surface area contributed by atoms with Crippen LogP contribution in [0.2, 0.25) is 5.02 Å². The lowest BCUT2D eigenvalue weighted by Gasteiger charge is -2.13. The van der Waals surface area contributed by atoms with Crippen molar-refractivity contribution in [3.63, 3.8) is 0 Å². The lowest BCUT2D eigenvalue weighted by Crippen LogP contribution is -2.41. The largest absolute Gasteiger partial charge is 0.339 e. The van der Waals surface area contributed by atoms with E-state index in [9.17, 15) is 9.59 Å². The monoisotopic (exact) mass is 475 g/mol.